The van der Waals surface area contributed by atoms with Gasteiger partial charge in [-0.15, -0.1) is 11.3 Å². The standard InChI is InChI=1S/C18H15ClN2O3S2/c1-10-3-5-12(7-14(10)19)20-16(22)9-21-17(23)15(26-18(21)24)8-13-6-4-11(2)25-13/h3-8H,9H2,1-2H3,(H,20,22)/b15-8+. The second-order valence-electron chi connectivity index (χ2n) is 5.73. The monoisotopic (exact) mass is 406 g/mol. The molecule has 0 atom stereocenters. The number of nitrogens with zero attached hydrogens (tertiary/aromatic N) is 1. The number of carbonyl (C=O) groups is 3. The minimum atomic E-state index is -0.458. The molecular weight excluding hydrogens is 392 g/mol. The van der Waals surface area contributed by atoms with Crippen molar-refractivity contribution in [2.24, 2.45) is 0 Å². The summed E-state index contributed by atoms with van der Waals surface area (Å²) in [6, 6.07) is 8.96. The van der Waals surface area contributed by atoms with Gasteiger partial charge in [-0.3, -0.25) is 19.3 Å². The van der Waals surface area contributed by atoms with E-state index in [1.54, 1.807) is 24.3 Å². The molecule has 1 fully saturated rings. The number of benzene rings is 1. The van der Waals surface area contributed by atoms with E-state index >= 15 is 0 Å². The molecule has 0 unspecified atom stereocenters. The van der Waals surface area contributed by atoms with Crippen molar-refractivity contribution in [3.63, 3.8) is 0 Å². The Hall–Kier alpha value is -2.09. The van der Waals surface area contributed by atoms with E-state index in [-0.39, 0.29) is 6.54 Å². The summed E-state index contributed by atoms with van der Waals surface area (Å²) in [4.78, 5) is 40.0. The lowest BCUT2D eigenvalue weighted by Crippen LogP contribution is -2.36. The van der Waals surface area contributed by atoms with Crippen LogP contribution in [-0.2, 0) is 9.59 Å². The van der Waals surface area contributed by atoms with E-state index in [1.807, 2.05) is 26.0 Å². The third kappa shape index (κ3) is 4.17. The number of hydrogen-bond acceptors (Lipinski definition) is 5. The van der Waals surface area contributed by atoms with Crippen molar-refractivity contribution in [2.75, 3.05) is 11.9 Å². The Kier molecular flexibility index (Phi) is 5.50. The van der Waals surface area contributed by atoms with Crippen molar-refractivity contribution in [3.8, 4) is 0 Å². The molecule has 1 saturated heterocycles. The highest BCUT2D eigenvalue weighted by atomic mass is 35.5. The number of amides is 3. The van der Waals surface area contributed by atoms with Crippen LogP contribution in [0.25, 0.3) is 6.08 Å². The third-order valence-corrected chi connectivity index (χ3v) is 5.93. The van der Waals surface area contributed by atoms with Gasteiger partial charge in [0.25, 0.3) is 11.1 Å². The molecule has 1 aromatic carbocycles. The fourth-order valence-corrected chi connectivity index (χ4v) is 4.22. The van der Waals surface area contributed by atoms with E-state index in [9.17, 15) is 14.4 Å². The van der Waals surface area contributed by atoms with Gasteiger partial charge in [0.15, 0.2) is 0 Å². The maximum absolute atomic E-state index is 12.4. The Morgan fingerprint density at radius 1 is 1.23 bits per heavy atom. The highest BCUT2D eigenvalue weighted by molar-refractivity contribution is 8.18. The molecule has 0 bridgehead atoms. The van der Waals surface area contributed by atoms with E-state index < -0.39 is 17.1 Å². The molecule has 2 aromatic rings. The van der Waals surface area contributed by atoms with Crippen molar-refractivity contribution in [1.82, 2.24) is 4.90 Å². The molecule has 0 spiro atoms. The molecule has 1 N–H and O–H groups in total. The lowest BCUT2D eigenvalue weighted by Gasteiger charge is -2.12. The number of hydrogen-bond donors (Lipinski definition) is 1. The van der Waals surface area contributed by atoms with E-state index in [1.165, 1.54) is 11.3 Å². The minimum Gasteiger partial charge on any atom is -0.324 e. The molecule has 3 rings (SSSR count). The van der Waals surface area contributed by atoms with Crippen LogP contribution < -0.4 is 5.32 Å². The first kappa shape index (κ1) is 18.7. The highest BCUT2D eigenvalue weighted by Gasteiger charge is 2.36. The average molecular weight is 407 g/mol. The molecule has 0 radical (unpaired) electrons. The summed E-state index contributed by atoms with van der Waals surface area (Å²) in [7, 11) is 0. The summed E-state index contributed by atoms with van der Waals surface area (Å²) in [6.45, 7) is 3.49. The number of carbonyl (C=O) groups excluding carboxylic acids is 3. The van der Waals surface area contributed by atoms with Gasteiger partial charge in [0.05, 0.1) is 4.91 Å². The van der Waals surface area contributed by atoms with Crippen LogP contribution in [0.3, 0.4) is 0 Å². The number of halogens is 1. The molecule has 3 amide bonds. The number of nitrogens with one attached hydrogen (secondary N) is 1. The van der Waals surface area contributed by atoms with E-state index in [4.69, 9.17) is 11.6 Å². The zero-order valence-corrected chi connectivity index (χ0v) is 16.4. The minimum absolute atomic E-state index is 0.322. The van der Waals surface area contributed by atoms with Crippen molar-refractivity contribution >= 4 is 63.5 Å². The van der Waals surface area contributed by atoms with Gasteiger partial charge in [-0.25, -0.2) is 0 Å². The molecule has 0 saturated carbocycles. The van der Waals surface area contributed by atoms with Crippen molar-refractivity contribution in [1.29, 1.82) is 0 Å². The fourth-order valence-electron chi connectivity index (χ4n) is 2.31. The largest absolute Gasteiger partial charge is 0.324 e. The molecule has 1 aliphatic rings. The summed E-state index contributed by atoms with van der Waals surface area (Å²) in [5.74, 6) is -0.913. The van der Waals surface area contributed by atoms with Gasteiger partial charge in [0, 0.05) is 20.5 Å². The van der Waals surface area contributed by atoms with Gasteiger partial charge < -0.3 is 5.32 Å². The second-order valence-corrected chi connectivity index (χ2v) is 8.45. The van der Waals surface area contributed by atoms with Crippen LogP contribution >= 0.6 is 34.7 Å². The molecular formula is C18H15ClN2O3S2. The lowest BCUT2D eigenvalue weighted by molar-refractivity contribution is -0.127. The van der Waals surface area contributed by atoms with Crippen LogP contribution in [0.4, 0.5) is 10.5 Å². The molecule has 8 heteroatoms. The number of thiophene rings is 1. The van der Waals surface area contributed by atoms with Crippen LogP contribution in [0.1, 0.15) is 15.3 Å². The Balaban J connectivity index is 1.68. The third-order valence-electron chi connectivity index (χ3n) is 3.67. The zero-order chi connectivity index (χ0) is 18.8. The van der Waals surface area contributed by atoms with Crippen LogP contribution in [-0.4, -0.2) is 28.5 Å². The maximum Gasteiger partial charge on any atom is 0.294 e. The first-order valence-corrected chi connectivity index (χ1v) is 9.72. The van der Waals surface area contributed by atoms with Crippen LogP contribution in [0.15, 0.2) is 35.2 Å². The van der Waals surface area contributed by atoms with Crippen LogP contribution in [0.5, 0.6) is 0 Å². The topological polar surface area (TPSA) is 66.5 Å². The number of thioether (sulfide) groups is 1. The first-order valence-electron chi connectivity index (χ1n) is 7.71. The Morgan fingerprint density at radius 3 is 2.65 bits per heavy atom. The molecule has 26 heavy (non-hydrogen) atoms. The van der Waals surface area contributed by atoms with E-state index in [0.717, 1.165) is 32.0 Å². The molecule has 1 aromatic heterocycles. The van der Waals surface area contributed by atoms with Crippen molar-refractivity contribution < 1.29 is 14.4 Å². The number of anilines is 1. The lowest BCUT2D eigenvalue weighted by atomic mass is 10.2. The number of rotatable bonds is 4. The second kappa shape index (κ2) is 7.65. The van der Waals surface area contributed by atoms with Gasteiger partial charge in [-0.1, -0.05) is 17.7 Å². The van der Waals surface area contributed by atoms with E-state index in [2.05, 4.69) is 5.32 Å². The molecule has 134 valence electrons. The van der Waals surface area contributed by atoms with Crippen molar-refractivity contribution in [3.05, 3.63) is 55.6 Å². The van der Waals surface area contributed by atoms with Crippen molar-refractivity contribution in [2.45, 2.75) is 13.8 Å². The SMILES string of the molecule is Cc1ccc(/C=C2/SC(=O)N(CC(=O)Nc3ccc(C)c(Cl)c3)C2=O)s1. The molecule has 5 nitrogen and oxygen atoms in total. The summed E-state index contributed by atoms with van der Waals surface area (Å²) in [5.41, 5.74) is 1.41. The highest BCUT2D eigenvalue weighted by Crippen LogP contribution is 2.33. The quantitative estimate of drug-likeness (QED) is 0.748. The summed E-state index contributed by atoms with van der Waals surface area (Å²) in [5, 5.41) is 2.73. The summed E-state index contributed by atoms with van der Waals surface area (Å²) >= 11 is 8.41. The summed E-state index contributed by atoms with van der Waals surface area (Å²) < 4.78 is 0. The smallest absolute Gasteiger partial charge is 0.294 e. The summed E-state index contributed by atoms with van der Waals surface area (Å²) in [6.07, 6.45) is 1.68. The molecule has 2 heterocycles. The predicted octanol–water partition coefficient (Wildman–Crippen LogP) is 4.69. The van der Waals surface area contributed by atoms with Gasteiger partial charge >= 0.3 is 0 Å². The van der Waals surface area contributed by atoms with Crippen LogP contribution in [0.2, 0.25) is 5.02 Å². The van der Waals surface area contributed by atoms with Gasteiger partial charge in [-0.05, 0) is 61.5 Å². The Labute approximate surface area is 164 Å². The van der Waals surface area contributed by atoms with Gasteiger partial charge in [-0.2, -0.15) is 0 Å². The fraction of sp³-hybridized carbons (Fsp3) is 0.167. The first-order chi connectivity index (χ1) is 12.3. The van der Waals surface area contributed by atoms with Gasteiger partial charge in [0.1, 0.15) is 6.54 Å². The van der Waals surface area contributed by atoms with Crippen LogP contribution in [0, 0.1) is 13.8 Å². The van der Waals surface area contributed by atoms with E-state index in [0.29, 0.717) is 15.6 Å². The normalized spacial score (nSPS) is 15.8. The Morgan fingerprint density at radius 2 is 2.00 bits per heavy atom. The molecule has 0 aliphatic carbocycles. The predicted molar refractivity (Wildman–Crippen MR) is 107 cm³/mol. The van der Waals surface area contributed by atoms with Gasteiger partial charge in [0.2, 0.25) is 5.91 Å². The number of imide groups is 1. The molecule has 1 aliphatic heterocycles. The average Bonchev–Trinajstić information content (AvgIpc) is 3.09. The Bertz CT molecular complexity index is 936. The number of aryl methyl sites for hydroxylation is 2. The zero-order valence-electron chi connectivity index (χ0n) is 14.0. The maximum atomic E-state index is 12.4.